The van der Waals surface area contributed by atoms with E-state index in [1.807, 2.05) is 0 Å². The molecular weight excluding hydrogens is 418 g/mol. The van der Waals surface area contributed by atoms with Gasteiger partial charge in [-0.3, -0.25) is 9.59 Å². The molecule has 2 amide bonds. The van der Waals surface area contributed by atoms with Crippen molar-refractivity contribution in [1.29, 1.82) is 0 Å². The van der Waals surface area contributed by atoms with Crippen LogP contribution in [0.4, 0.5) is 5.69 Å². The molecule has 22 heavy (non-hydrogen) atoms. The van der Waals surface area contributed by atoms with Crippen molar-refractivity contribution in [3.05, 3.63) is 29.8 Å². The summed E-state index contributed by atoms with van der Waals surface area (Å²) in [6, 6.07) is 5.95. The van der Waals surface area contributed by atoms with Crippen LogP contribution in [0.5, 0.6) is 0 Å². The topological polar surface area (TPSA) is 77.5 Å². The zero-order valence-corrected chi connectivity index (χ0v) is 14.5. The van der Waals surface area contributed by atoms with Gasteiger partial charge in [0.25, 0.3) is 0 Å². The van der Waals surface area contributed by atoms with Gasteiger partial charge in [-0.05, 0) is 18.9 Å². The molecule has 1 saturated carbocycles. The molecule has 7 heteroatoms. The average Bonchev–Trinajstić information content (AvgIpc) is 2.71. The first-order valence-electron chi connectivity index (χ1n) is 6.88. The summed E-state index contributed by atoms with van der Waals surface area (Å²) in [5, 5.41) is 11.2. The molecule has 2 fully saturated rings. The van der Waals surface area contributed by atoms with Crippen LogP contribution >= 0.6 is 31.9 Å². The molecule has 0 spiro atoms. The highest BCUT2D eigenvalue weighted by atomic mass is 79.9. The minimum absolute atomic E-state index is 0.101. The molecule has 1 heterocycles. The van der Waals surface area contributed by atoms with Crippen LogP contribution in [0.15, 0.2) is 24.3 Å². The molecule has 0 aromatic heterocycles. The van der Waals surface area contributed by atoms with Crippen LogP contribution < -0.4 is 10.0 Å². The summed E-state index contributed by atoms with van der Waals surface area (Å²) in [4.78, 5) is 37.7. The Bertz CT molecular complexity index is 635. The molecule has 4 atom stereocenters. The minimum atomic E-state index is -1.40. The highest BCUT2D eigenvalue weighted by Crippen LogP contribution is 2.44. The fourth-order valence-electron chi connectivity index (χ4n) is 3.17. The maximum absolute atomic E-state index is 12.6. The second-order valence-corrected chi connectivity index (χ2v) is 7.89. The van der Waals surface area contributed by atoms with Gasteiger partial charge in [-0.1, -0.05) is 50.1 Å². The van der Waals surface area contributed by atoms with Gasteiger partial charge in [-0.15, -0.1) is 0 Å². The van der Waals surface area contributed by atoms with Gasteiger partial charge >= 0.3 is 0 Å². The van der Waals surface area contributed by atoms with Crippen molar-refractivity contribution in [2.24, 2.45) is 11.8 Å². The number of rotatable bonds is 2. The van der Waals surface area contributed by atoms with Crippen molar-refractivity contribution in [3.8, 4) is 0 Å². The standard InChI is InChI=1S/C15H13Br2NO4/c16-10-5-8-9(6-11(10)17)14(20)18(13(8)19)12-4-2-1-3-7(12)15(21)22/h1-4,8-11H,5-6H2,(H,21,22)/p-1/t8-,9+,10+,11-. The molecule has 1 aliphatic carbocycles. The smallest absolute Gasteiger partial charge is 0.237 e. The number of amides is 2. The van der Waals surface area contributed by atoms with Gasteiger partial charge in [0, 0.05) is 15.2 Å². The number of carboxylic acid groups (broad SMARTS) is 1. The molecule has 0 N–H and O–H groups in total. The summed E-state index contributed by atoms with van der Waals surface area (Å²) in [5.74, 6) is -2.86. The van der Waals surface area contributed by atoms with Crippen molar-refractivity contribution < 1.29 is 19.5 Å². The van der Waals surface area contributed by atoms with Gasteiger partial charge in [-0.2, -0.15) is 0 Å². The summed E-state index contributed by atoms with van der Waals surface area (Å²) in [7, 11) is 0. The quantitative estimate of drug-likeness (QED) is 0.527. The van der Waals surface area contributed by atoms with Gasteiger partial charge in [0.1, 0.15) is 0 Å². The van der Waals surface area contributed by atoms with Gasteiger partial charge in [0.05, 0.1) is 23.5 Å². The number of anilines is 1. The van der Waals surface area contributed by atoms with E-state index in [2.05, 4.69) is 31.9 Å². The highest BCUT2D eigenvalue weighted by Gasteiger charge is 2.52. The molecule has 116 valence electrons. The number of nitrogens with zero attached hydrogens (tertiary/aromatic N) is 1. The number of benzene rings is 1. The monoisotopic (exact) mass is 428 g/mol. The minimum Gasteiger partial charge on any atom is -0.545 e. The zero-order chi connectivity index (χ0) is 16.0. The summed E-state index contributed by atoms with van der Waals surface area (Å²) >= 11 is 7.04. The molecule has 1 aromatic rings. The third kappa shape index (κ3) is 2.40. The lowest BCUT2D eigenvalue weighted by atomic mass is 9.81. The fraction of sp³-hybridized carbons (Fsp3) is 0.400. The number of hydrogen-bond acceptors (Lipinski definition) is 4. The van der Waals surface area contributed by atoms with E-state index in [1.165, 1.54) is 18.2 Å². The number of halogens is 2. The predicted molar refractivity (Wildman–Crippen MR) is 84.9 cm³/mol. The predicted octanol–water partition coefficient (Wildman–Crippen LogP) is 1.48. The molecular formula is C15H12Br2NO4-. The van der Waals surface area contributed by atoms with Crippen molar-refractivity contribution in [2.75, 3.05) is 4.90 Å². The zero-order valence-electron chi connectivity index (χ0n) is 11.4. The summed E-state index contributed by atoms with van der Waals surface area (Å²) in [5.41, 5.74) is -0.0437. The number of hydrogen-bond donors (Lipinski definition) is 0. The lowest BCUT2D eigenvalue weighted by Gasteiger charge is -2.29. The Hall–Kier alpha value is -1.21. The number of para-hydroxylation sites is 1. The van der Waals surface area contributed by atoms with E-state index in [0.717, 1.165) is 4.90 Å². The number of carboxylic acids is 1. The van der Waals surface area contributed by atoms with E-state index in [1.54, 1.807) is 6.07 Å². The maximum Gasteiger partial charge on any atom is 0.237 e. The number of aromatic carboxylic acids is 1. The molecule has 0 unspecified atom stereocenters. The lowest BCUT2D eigenvalue weighted by molar-refractivity contribution is -0.254. The van der Waals surface area contributed by atoms with E-state index < -0.39 is 17.8 Å². The Labute approximate surface area is 143 Å². The number of carbonyl (C=O) groups excluding carboxylic acids is 3. The second-order valence-electron chi connectivity index (χ2n) is 5.53. The van der Waals surface area contributed by atoms with E-state index >= 15 is 0 Å². The van der Waals surface area contributed by atoms with Crippen molar-refractivity contribution in [2.45, 2.75) is 22.5 Å². The SMILES string of the molecule is O=C([O-])c1ccccc1N1C(=O)[C@H]2C[C@@H](Br)[C@@H](Br)C[C@H]2C1=O. The largest absolute Gasteiger partial charge is 0.545 e. The Morgan fingerprint density at radius 1 is 1.05 bits per heavy atom. The van der Waals surface area contributed by atoms with Gasteiger partial charge in [0.2, 0.25) is 11.8 Å². The Balaban J connectivity index is 2.01. The first-order valence-corrected chi connectivity index (χ1v) is 8.71. The summed E-state index contributed by atoms with van der Waals surface area (Å²) in [6.07, 6.45) is 1.10. The number of fused-ring (bicyclic) bond motifs is 1. The van der Waals surface area contributed by atoms with Crippen LogP contribution in [0, 0.1) is 11.8 Å². The van der Waals surface area contributed by atoms with Crippen LogP contribution in [-0.2, 0) is 9.59 Å². The molecule has 1 saturated heterocycles. The van der Waals surface area contributed by atoms with Gasteiger partial charge < -0.3 is 9.90 Å². The van der Waals surface area contributed by atoms with E-state index in [9.17, 15) is 19.5 Å². The van der Waals surface area contributed by atoms with E-state index in [4.69, 9.17) is 0 Å². The maximum atomic E-state index is 12.6. The molecule has 5 nitrogen and oxygen atoms in total. The Morgan fingerprint density at radius 3 is 2.05 bits per heavy atom. The first kappa shape index (κ1) is 15.7. The molecule has 1 aliphatic heterocycles. The molecule has 0 bridgehead atoms. The van der Waals surface area contributed by atoms with Crippen LogP contribution in [0.2, 0.25) is 0 Å². The van der Waals surface area contributed by atoms with Gasteiger partial charge in [-0.25, -0.2) is 4.90 Å². The Morgan fingerprint density at radius 2 is 1.55 bits per heavy atom. The van der Waals surface area contributed by atoms with Crippen LogP contribution in [0.3, 0.4) is 0 Å². The Kier molecular flexibility index (Phi) is 4.11. The van der Waals surface area contributed by atoms with E-state index in [-0.39, 0.29) is 32.7 Å². The number of alkyl halides is 2. The van der Waals surface area contributed by atoms with Crippen LogP contribution in [-0.4, -0.2) is 27.4 Å². The normalized spacial score (nSPS) is 31.3. The molecule has 2 aliphatic rings. The lowest BCUT2D eigenvalue weighted by Crippen LogP contribution is -2.34. The first-order chi connectivity index (χ1) is 10.4. The third-order valence-corrected chi connectivity index (χ3v) is 7.01. The van der Waals surface area contributed by atoms with Gasteiger partial charge in [0.15, 0.2) is 0 Å². The fourth-order valence-corrected chi connectivity index (χ4v) is 4.41. The molecule has 3 rings (SSSR count). The van der Waals surface area contributed by atoms with Crippen LogP contribution in [0.25, 0.3) is 0 Å². The van der Waals surface area contributed by atoms with Crippen LogP contribution in [0.1, 0.15) is 23.2 Å². The summed E-state index contributed by atoms with van der Waals surface area (Å²) in [6.45, 7) is 0. The molecule has 1 aromatic carbocycles. The molecule has 0 radical (unpaired) electrons. The number of carbonyl (C=O) groups is 3. The highest BCUT2D eigenvalue weighted by molar-refractivity contribution is 9.12. The third-order valence-electron chi connectivity index (χ3n) is 4.28. The van der Waals surface area contributed by atoms with Crippen molar-refractivity contribution in [1.82, 2.24) is 0 Å². The average molecular weight is 430 g/mol. The van der Waals surface area contributed by atoms with Crippen molar-refractivity contribution in [3.63, 3.8) is 0 Å². The summed E-state index contributed by atoms with van der Waals surface area (Å²) < 4.78 is 0. The number of imide groups is 1. The van der Waals surface area contributed by atoms with E-state index in [0.29, 0.717) is 12.8 Å². The van der Waals surface area contributed by atoms with Crippen molar-refractivity contribution >= 4 is 55.3 Å². The second kappa shape index (κ2) is 5.77.